The third-order valence-corrected chi connectivity index (χ3v) is 6.38. The molecule has 0 atom stereocenters. The Hall–Kier alpha value is -2.97. The summed E-state index contributed by atoms with van der Waals surface area (Å²) >= 11 is 6.82. The van der Waals surface area contributed by atoms with Gasteiger partial charge in [0.15, 0.2) is 0 Å². The first-order valence-electron chi connectivity index (χ1n) is 9.80. The first-order chi connectivity index (χ1) is 15.2. The number of aromatic nitrogens is 1. The van der Waals surface area contributed by atoms with E-state index in [1.165, 1.54) is 0 Å². The number of aryl methyl sites for hydroxylation is 2. The molecule has 162 valence electrons. The van der Waals surface area contributed by atoms with Gasteiger partial charge in [-0.1, -0.05) is 31.9 Å². The summed E-state index contributed by atoms with van der Waals surface area (Å²) in [5, 5.41) is 2.28. The fourth-order valence-electron chi connectivity index (χ4n) is 3.82. The Morgan fingerprint density at radius 1 is 0.875 bits per heavy atom. The van der Waals surface area contributed by atoms with E-state index in [1.807, 2.05) is 54.8 Å². The van der Waals surface area contributed by atoms with Gasteiger partial charge in [-0.05, 0) is 86.5 Å². The zero-order valence-corrected chi connectivity index (χ0v) is 20.7. The van der Waals surface area contributed by atoms with Gasteiger partial charge in [-0.15, -0.1) is 0 Å². The van der Waals surface area contributed by atoms with E-state index >= 15 is 0 Å². The highest BCUT2D eigenvalue weighted by atomic mass is 79.9. The molecule has 0 bridgehead atoms. The van der Waals surface area contributed by atoms with Crippen molar-refractivity contribution in [2.75, 3.05) is 4.90 Å². The van der Waals surface area contributed by atoms with E-state index in [-0.39, 0.29) is 5.57 Å². The second-order valence-corrected chi connectivity index (χ2v) is 9.36. The smallest absolute Gasteiger partial charge is 0.318 e. The van der Waals surface area contributed by atoms with E-state index in [1.54, 1.807) is 25.1 Å². The summed E-state index contributed by atoms with van der Waals surface area (Å²) in [6.45, 7) is 5.68. The van der Waals surface area contributed by atoms with Gasteiger partial charge in [-0.2, -0.15) is 0 Å². The van der Waals surface area contributed by atoms with Crippen molar-refractivity contribution in [2.24, 2.45) is 0 Å². The van der Waals surface area contributed by atoms with Crippen LogP contribution < -0.4 is 10.2 Å². The summed E-state index contributed by atoms with van der Waals surface area (Å²) in [6, 6.07) is 14.2. The number of urea groups is 1. The molecule has 4 rings (SSSR count). The minimum Gasteiger partial charge on any atom is -0.318 e. The average Bonchev–Trinajstić information content (AvgIpc) is 3.00. The van der Waals surface area contributed by atoms with Gasteiger partial charge >= 0.3 is 6.03 Å². The van der Waals surface area contributed by atoms with Gasteiger partial charge in [0.25, 0.3) is 11.8 Å². The van der Waals surface area contributed by atoms with Crippen LogP contribution in [0.25, 0.3) is 11.8 Å². The number of carbonyl (C=O) groups is 3. The predicted molar refractivity (Wildman–Crippen MR) is 131 cm³/mol. The van der Waals surface area contributed by atoms with Crippen LogP contribution in [0.5, 0.6) is 0 Å². The van der Waals surface area contributed by atoms with Gasteiger partial charge in [0.1, 0.15) is 5.57 Å². The molecular weight excluding hydrogens is 538 g/mol. The third-order valence-electron chi connectivity index (χ3n) is 5.36. The number of halogens is 2. The van der Waals surface area contributed by atoms with Crippen LogP contribution in [0.3, 0.4) is 0 Å². The summed E-state index contributed by atoms with van der Waals surface area (Å²) in [6.07, 6.45) is 1.54. The van der Waals surface area contributed by atoms with Gasteiger partial charge < -0.3 is 4.57 Å². The minimum absolute atomic E-state index is 0.0945. The quantitative estimate of drug-likeness (QED) is 0.337. The molecule has 0 spiro atoms. The lowest BCUT2D eigenvalue weighted by molar-refractivity contribution is -0.122. The maximum atomic E-state index is 13.3. The lowest BCUT2D eigenvalue weighted by atomic mass is 10.1. The number of barbiturate groups is 1. The molecule has 0 radical (unpaired) electrons. The van der Waals surface area contributed by atoms with Crippen molar-refractivity contribution in [3.05, 3.63) is 85.6 Å². The Kier molecular flexibility index (Phi) is 5.92. The molecule has 4 amide bonds. The molecular formula is C24H19Br2N3O3. The van der Waals surface area contributed by atoms with Crippen LogP contribution in [-0.4, -0.2) is 22.4 Å². The summed E-state index contributed by atoms with van der Waals surface area (Å²) in [5.41, 5.74) is 4.58. The van der Waals surface area contributed by atoms with Crippen LogP contribution in [0.2, 0.25) is 0 Å². The Bertz CT molecular complexity index is 1310. The second-order valence-electron chi connectivity index (χ2n) is 7.53. The first-order valence-corrected chi connectivity index (χ1v) is 11.4. The number of imide groups is 2. The van der Waals surface area contributed by atoms with Crippen molar-refractivity contribution in [3.8, 4) is 5.69 Å². The van der Waals surface area contributed by atoms with Gasteiger partial charge in [0.2, 0.25) is 0 Å². The van der Waals surface area contributed by atoms with Gasteiger partial charge in [-0.25, -0.2) is 9.69 Å². The Labute approximate surface area is 202 Å². The number of carbonyl (C=O) groups excluding carboxylic acids is 3. The Balaban J connectivity index is 1.77. The number of nitrogens with zero attached hydrogens (tertiary/aromatic N) is 2. The largest absolute Gasteiger partial charge is 0.335 e. The molecule has 1 aliphatic rings. The van der Waals surface area contributed by atoms with Crippen molar-refractivity contribution >= 4 is 61.5 Å². The van der Waals surface area contributed by atoms with Crippen molar-refractivity contribution in [2.45, 2.75) is 20.8 Å². The topological polar surface area (TPSA) is 71.4 Å². The van der Waals surface area contributed by atoms with E-state index in [9.17, 15) is 14.4 Å². The number of hydrogen-bond acceptors (Lipinski definition) is 3. The zero-order chi connectivity index (χ0) is 23.2. The summed E-state index contributed by atoms with van der Waals surface area (Å²) in [5.74, 6) is -1.36. The molecule has 1 aromatic heterocycles. The summed E-state index contributed by atoms with van der Waals surface area (Å²) in [4.78, 5) is 39.3. The molecule has 1 saturated heterocycles. The van der Waals surface area contributed by atoms with Crippen LogP contribution in [0.15, 0.2) is 63.0 Å². The van der Waals surface area contributed by atoms with E-state index in [4.69, 9.17) is 0 Å². The van der Waals surface area contributed by atoms with Crippen molar-refractivity contribution < 1.29 is 14.4 Å². The predicted octanol–water partition coefficient (Wildman–Crippen LogP) is 5.59. The SMILES string of the molecule is Cc1cc(Br)ccc1N1C(=O)NC(=O)/C(=C\c2cc(C)n(-c3ccc(Br)cc3)c2C)C1=O. The first kappa shape index (κ1) is 22.2. The molecule has 0 saturated carbocycles. The third kappa shape index (κ3) is 3.96. The van der Waals surface area contributed by atoms with Crippen LogP contribution >= 0.6 is 31.9 Å². The normalized spacial score (nSPS) is 15.5. The van der Waals surface area contributed by atoms with E-state index < -0.39 is 17.8 Å². The molecule has 32 heavy (non-hydrogen) atoms. The molecule has 6 nitrogen and oxygen atoms in total. The highest BCUT2D eigenvalue weighted by Gasteiger charge is 2.37. The van der Waals surface area contributed by atoms with Crippen molar-refractivity contribution in [1.29, 1.82) is 0 Å². The number of nitrogens with one attached hydrogen (secondary N) is 1. The highest BCUT2D eigenvalue weighted by Crippen LogP contribution is 2.29. The molecule has 1 fully saturated rings. The maximum Gasteiger partial charge on any atom is 0.335 e. The number of anilines is 1. The number of rotatable bonds is 3. The fourth-order valence-corrected chi connectivity index (χ4v) is 4.56. The van der Waals surface area contributed by atoms with E-state index in [2.05, 4.69) is 37.2 Å². The summed E-state index contributed by atoms with van der Waals surface area (Å²) in [7, 11) is 0. The molecule has 1 aliphatic heterocycles. The fraction of sp³-hybridized carbons (Fsp3) is 0.125. The van der Waals surface area contributed by atoms with Crippen molar-refractivity contribution in [3.63, 3.8) is 0 Å². The van der Waals surface area contributed by atoms with Gasteiger partial charge in [0.05, 0.1) is 5.69 Å². The molecule has 8 heteroatoms. The number of benzene rings is 2. The minimum atomic E-state index is -0.761. The molecule has 0 aliphatic carbocycles. The molecule has 3 aromatic rings. The Morgan fingerprint density at radius 2 is 1.53 bits per heavy atom. The molecule has 2 aromatic carbocycles. The van der Waals surface area contributed by atoms with Crippen molar-refractivity contribution in [1.82, 2.24) is 9.88 Å². The van der Waals surface area contributed by atoms with Crippen LogP contribution in [0.1, 0.15) is 22.5 Å². The molecule has 1 N–H and O–H groups in total. The maximum absolute atomic E-state index is 13.3. The Morgan fingerprint density at radius 3 is 2.19 bits per heavy atom. The standard InChI is InChI=1S/C24H19Br2N3O3/c1-13-10-18(26)6-9-21(13)29-23(31)20(22(30)27-24(29)32)12-16-11-14(2)28(15(16)3)19-7-4-17(25)5-8-19/h4-12H,1-3H3,(H,27,30,32)/b20-12+. The van der Waals surface area contributed by atoms with E-state index in [0.29, 0.717) is 5.69 Å². The second kappa shape index (κ2) is 8.52. The molecule has 0 unspecified atom stereocenters. The lowest BCUT2D eigenvalue weighted by Crippen LogP contribution is -2.54. The highest BCUT2D eigenvalue weighted by molar-refractivity contribution is 9.10. The van der Waals surface area contributed by atoms with Crippen LogP contribution in [-0.2, 0) is 9.59 Å². The van der Waals surface area contributed by atoms with Crippen LogP contribution in [0.4, 0.5) is 10.5 Å². The zero-order valence-electron chi connectivity index (χ0n) is 17.6. The van der Waals surface area contributed by atoms with E-state index in [0.717, 1.165) is 42.0 Å². The average molecular weight is 557 g/mol. The summed E-state index contributed by atoms with van der Waals surface area (Å²) < 4.78 is 3.85. The monoisotopic (exact) mass is 555 g/mol. The lowest BCUT2D eigenvalue weighted by Gasteiger charge is -2.27. The molecule has 2 heterocycles. The number of amides is 4. The number of hydrogen-bond donors (Lipinski definition) is 1. The van der Waals surface area contributed by atoms with Crippen LogP contribution in [0, 0.1) is 20.8 Å². The van der Waals surface area contributed by atoms with Gasteiger partial charge in [0, 0.05) is 26.0 Å². The van der Waals surface area contributed by atoms with Gasteiger partial charge in [-0.3, -0.25) is 14.9 Å².